The van der Waals surface area contributed by atoms with Crippen LogP contribution >= 0.6 is 15.3 Å². The molecule has 0 saturated heterocycles. The van der Waals surface area contributed by atoms with Gasteiger partial charge in [-0.2, -0.15) is 0 Å². The van der Waals surface area contributed by atoms with Crippen LogP contribution in [0.2, 0.25) is 19.1 Å². The van der Waals surface area contributed by atoms with Gasteiger partial charge in [0.05, 0.1) is 6.61 Å². The van der Waals surface area contributed by atoms with E-state index in [1.165, 1.54) is 76.7 Å². The van der Waals surface area contributed by atoms with Crippen molar-refractivity contribution >= 4 is 22.0 Å². The Morgan fingerprint density at radius 3 is 1.64 bits per heavy atom. The lowest BCUT2D eigenvalue weighted by molar-refractivity contribution is 0.151. The van der Waals surface area contributed by atoms with Crippen LogP contribution in [0.4, 0.5) is 0 Å². The topological polar surface area (TPSA) is 9.23 Å². The molecule has 0 radical (unpaired) electrons. The van der Waals surface area contributed by atoms with Crippen LogP contribution in [0.3, 0.4) is 0 Å². The first kappa shape index (κ1) is 22.4. The lowest BCUT2D eigenvalue weighted by Crippen LogP contribution is -2.13. The predicted octanol–water partition coefficient (Wildman–Crippen LogP) is 7.47. The van der Waals surface area contributed by atoms with Crippen molar-refractivity contribution in [2.75, 3.05) is 13.2 Å². The Balaban J connectivity index is 3.04. The predicted molar refractivity (Wildman–Crippen MR) is 108 cm³/mol. The maximum absolute atomic E-state index is 5.51. The van der Waals surface area contributed by atoms with Crippen molar-refractivity contribution in [2.45, 2.75) is 96.7 Å². The average molecular weight is 392 g/mol. The lowest BCUT2D eigenvalue weighted by atomic mass is 10.1. The fraction of sp³-hybridized carbons (Fsp3) is 0.895. The number of hydrogen-bond donors (Lipinski definition) is 0. The van der Waals surface area contributed by atoms with Crippen LogP contribution in [0, 0.1) is 0 Å². The third kappa shape index (κ3) is 20.4. The van der Waals surface area contributed by atoms with Gasteiger partial charge in [0.25, 0.3) is 0 Å². The van der Waals surface area contributed by atoms with E-state index in [0.29, 0.717) is 0 Å². The number of halogens is 1. The van der Waals surface area contributed by atoms with Gasteiger partial charge in [0.15, 0.2) is 0 Å². The molecular weight excluding hydrogens is 352 g/mol. The van der Waals surface area contributed by atoms with E-state index in [4.69, 9.17) is 4.74 Å². The Bertz CT molecular complexity index is 261. The molecule has 0 aromatic heterocycles. The van der Waals surface area contributed by atoms with Crippen LogP contribution in [-0.4, -0.2) is 19.9 Å². The van der Waals surface area contributed by atoms with E-state index in [-0.39, 0.29) is 0 Å². The van der Waals surface area contributed by atoms with Crippen molar-refractivity contribution in [3.8, 4) is 0 Å². The molecule has 0 spiro atoms. The standard InChI is InChI=1S/C19H39BrOSi/c1-19(2)18-21-16-14-12-10-8-6-5-7-9-11-13-15-17-22(3,4)20/h1,5-18H2,2-4H3. The first-order valence-corrected chi connectivity index (χ1v) is 14.8. The van der Waals surface area contributed by atoms with E-state index < -0.39 is 6.69 Å². The highest BCUT2D eigenvalue weighted by Gasteiger charge is 2.14. The van der Waals surface area contributed by atoms with Crippen LogP contribution in [0.15, 0.2) is 12.2 Å². The van der Waals surface area contributed by atoms with Crippen LogP contribution < -0.4 is 0 Å². The molecule has 0 aromatic carbocycles. The highest BCUT2D eigenvalue weighted by atomic mass is 79.9. The van der Waals surface area contributed by atoms with Crippen molar-refractivity contribution in [2.24, 2.45) is 0 Å². The Kier molecular flexibility index (Phi) is 15.2. The Morgan fingerprint density at radius 2 is 1.23 bits per heavy atom. The average Bonchev–Trinajstić information content (AvgIpc) is 2.41. The summed E-state index contributed by atoms with van der Waals surface area (Å²) < 4.78 is 5.51. The second-order valence-corrected chi connectivity index (χ2v) is 17.7. The van der Waals surface area contributed by atoms with E-state index in [1.54, 1.807) is 0 Å². The van der Waals surface area contributed by atoms with Gasteiger partial charge in [-0.05, 0) is 19.4 Å². The molecule has 0 unspecified atom stereocenters. The van der Waals surface area contributed by atoms with E-state index in [2.05, 4.69) is 35.0 Å². The monoisotopic (exact) mass is 390 g/mol. The maximum Gasteiger partial charge on any atom is 0.124 e. The van der Waals surface area contributed by atoms with Gasteiger partial charge in [-0.1, -0.05) is 89.5 Å². The Labute approximate surface area is 148 Å². The number of hydrogen-bond acceptors (Lipinski definition) is 1. The molecule has 0 aromatic rings. The molecular formula is C19H39BrOSi. The summed E-state index contributed by atoms with van der Waals surface area (Å²) in [5.41, 5.74) is 1.12. The molecule has 0 heterocycles. The van der Waals surface area contributed by atoms with Crippen molar-refractivity contribution in [3.05, 3.63) is 12.2 Å². The van der Waals surface area contributed by atoms with Gasteiger partial charge in [-0.25, -0.2) is 0 Å². The highest BCUT2D eigenvalue weighted by molar-refractivity contribution is 9.26. The van der Waals surface area contributed by atoms with Crippen LogP contribution in [-0.2, 0) is 4.74 Å². The van der Waals surface area contributed by atoms with Crippen molar-refractivity contribution in [1.82, 2.24) is 0 Å². The van der Waals surface area contributed by atoms with Gasteiger partial charge >= 0.3 is 0 Å². The lowest BCUT2D eigenvalue weighted by Gasteiger charge is -2.12. The van der Waals surface area contributed by atoms with E-state index in [0.717, 1.165) is 18.8 Å². The summed E-state index contributed by atoms with van der Waals surface area (Å²) in [4.78, 5) is 0. The Morgan fingerprint density at radius 1 is 0.818 bits per heavy atom. The Hall–Kier alpha value is 0.397. The van der Waals surface area contributed by atoms with Gasteiger partial charge in [0.1, 0.15) is 6.69 Å². The first-order chi connectivity index (χ1) is 10.4. The van der Waals surface area contributed by atoms with Gasteiger partial charge in [-0.3, -0.25) is 0 Å². The quantitative estimate of drug-likeness (QED) is 0.115. The highest BCUT2D eigenvalue weighted by Crippen LogP contribution is 2.21. The maximum atomic E-state index is 5.51. The molecule has 0 N–H and O–H groups in total. The zero-order chi connectivity index (χ0) is 16.7. The fourth-order valence-electron chi connectivity index (χ4n) is 2.59. The molecule has 0 fully saturated rings. The van der Waals surface area contributed by atoms with E-state index in [1.807, 2.05) is 6.92 Å². The summed E-state index contributed by atoms with van der Waals surface area (Å²) in [6.07, 6.45) is 15.4. The van der Waals surface area contributed by atoms with Gasteiger partial charge < -0.3 is 4.74 Å². The fourth-order valence-corrected chi connectivity index (χ4v) is 4.52. The summed E-state index contributed by atoms with van der Waals surface area (Å²) in [5.74, 6) is 0. The summed E-state index contributed by atoms with van der Waals surface area (Å²) in [6, 6.07) is 1.43. The van der Waals surface area contributed by atoms with E-state index >= 15 is 0 Å². The minimum absolute atomic E-state index is 0.731. The third-order valence-electron chi connectivity index (χ3n) is 3.91. The summed E-state index contributed by atoms with van der Waals surface area (Å²) in [6.45, 7) is 11.3. The summed E-state index contributed by atoms with van der Waals surface area (Å²) in [5, 5.41) is 0. The van der Waals surface area contributed by atoms with Gasteiger partial charge in [0, 0.05) is 6.61 Å². The zero-order valence-electron chi connectivity index (χ0n) is 15.4. The minimum atomic E-state index is -0.966. The van der Waals surface area contributed by atoms with Gasteiger partial charge in [-0.15, -0.1) is 15.3 Å². The van der Waals surface area contributed by atoms with E-state index in [9.17, 15) is 0 Å². The smallest absolute Gasteiger partial charge is 0.124 e. The molecule has 0 bridgehead atoms. The second kappa shape index (κ2) is 15.0. The van der Waals surface area contributed by atoms with Crippen molar-refractivity contribution in [3.63, 3.8) is 0 Å². The molecule has 0 amide bonds. The number of rotatable bonds is 16. The molecule has 0 saturated carbocycles. The minimum Gasteiger partial charge on any atom is -0.377 e. The van der Waals surface area contributed by atoms with Crippen molar-refractivity contribution in [1.29, 1.82) is 0 Å². The molecule has 3 heteroatoms. The second-order valence-electron chi connectivity index (χ2n) is 7.37. The largest absolute Gasteiger partial charge is 0.377 e. The number of ether oxygens (including phenoxy) is 1. The molecule has 0 rings (SSSR count). The molecule has 132 valence electrons. The normalized spacial score (nSPS) is 11.8. The van der Waals surface area contributed by atoms with Gasteiger partial charge in [0.2, 0.25) is 0 Å². The molecule has 0 aliphatic carbocycles. The van der Waals surface area contributed by atoms with Crippen LogP contribution in [0.1, 0.15) is 77.6 Å². The first-order valence-electron chi connectivity index (χ1n) is 9.33. The summed E-state index contributed by atoms with van der Waals surface area (Å²) in [7, 11) is 0. The number of unbranched alkanes of at least 4 members (excludes halogenated alkanes) is 10. The van der Waals surface area contributed by atoms with Crippen LogP contribution in [0.25, 0.3) is 0 Å². The molecule has 0 atom stereocenters. The molecule has 0 aliphatic heterocycles. The van der Waals surface area contributed by atoms with Crippen molar-refractivity contribution < 1.29 is 4.74 Å². The SMILES string of the molecule is C=C(C)COCCCCCCCCCCCCC[Si](C)(C)Br. The zero-order valence-corrected chi connectivity index (χ0v) is 18.0. The third-order valence-corrected chi connectivity index (χ3v) is 6.64. The summed E-state index contributed by atoms with van der Waals surface area (Å²) >= 11 is 3.85. The molecule has 1 nitrogen and oxygen atoms in total. The molecule has 0 aliphatic rings. The van der Waals surface area contributed by atoms with Crippen LogP contribution in [0.5, 0.6) is 0 Å². The molecule has 22 heavy (non-hydrogen) atoms.